The van der Waals surface area contributed by atoms with E-state index in [-0.39, 0.29) is 18.4 Å². The van der Waals surface area contributed by atoms with Crippen molar-refractivity contribution in [3.8, 4) is 0 Å². The van der Waals surface area contributed by atoms with Crippen LogP contribution in [0.4, 0.5) is 0 Å². The van der Waals surface area contributed by atoms with Gasteiger partial charge in [0.2, 0.25) is 0 Å². The highest BCUT2D eigenvalue weighted by Gasteiger charge is 2.34. The number of carboxylic acids is 1. The van der Waals surface area contributed by atoms with Crippen LogP contribution >= 0.6 is 12.4 Å². The highest BCUT2D eigenvalue weighted by molar-refractivity contribution is 5.85. The fourth-order valence-corrected chi connectivity index (χ4v) is 0.558. The van der Waals surface area contributed by atoms with Crippen LogP contribution in [-0.2, 0) is 9.53 Å². The molecule has 0 radical (unpaired) electrons. The summed E-state index contributed by atoms with van der Waals surface area (Å²) < 4.78 is 4.58. The first-order chi connectivity index (χ1) is 3.72. The number of halogens is 1. The van der Waals surface area contributed by atoms with Crippen molar-refractivity contribution in [2.45, 2.75) is 12.1 Å². The third-order valence-electron chi connectivity index (χ3n) is 1.10. The van der Waals surface area contributed by atoms with Gasteiger partial charge >= 0.3 is 5.97 Å². The van der Waals surface area contributed by atoms with Crippen LogP contribution in [0.3, 0.4) is 0 Å². The molecule has 0 spiro atoms. The normalized spacial score (nSPS) is 32.1. The van der Waals surface area contributed by atoms with Gasteiger partial charge in [0.25, 0.3) is 0 Å². The molecule has 1 aliphatic rings. The Bertz CT molecular complexity index is 118. The molecule has 1 rings (SSSR count). The van der Waals surface area contributed by atoms with Gasteiger partial charge in [0.05, 0.1) is 12.6 Å². The van der Waals surface area contributed by atoms with Crippen molar-refractivity contribution in [3.63, 3.8) is 0 Å². The van der Waals surface area contributed by atoms with E-state index in [0.717, 1.165) is 0 Å². The van der Waals surface area contributed by atoms with Crippen LogP contribution < -0.4 is 5.73 Å². The molecule has 0 aliphatic carbocycles. The van der Waals surface area contributed by atoms with Crippen LogP contribution in [0, 0.1) is 0 Å². The van der Waals surface area contributed by atoms with Crippen LogP contribution in [0.5, 0.6) is 0 Å². The molecule has 0 aromatic carbocycles. The Morgan fingerprint density at radius 3 is 2.33 bits per heavy atom. The maximum absolute atomic E-state index is 9.99. The van der Waals surface area contributed by atoms with E-state index in [4.69, 9.17) is 10.8 Å². The molecule has 5 heteroatoms. The minimum atomic E-state index is -0.969. The molecule has 1 saturated heterocycles. The standard InChI is InChI=1S/C4H7NO3.ClH/c5-2-1-8-3(2)4(6)7;/h2-3H,1,5H2,(H,6,7);1H/t2-,3-;/m1./s1. The van der Waals surface area contributed by atoms with E-state index < -0.39 is 12.1 Å². The zero-order valence-corrected chi connectivity index (χ0v) is 5.43. The third-order valence-corrected chi connectivity index (χ3v) is 1.10. The van der Waals surface area contributed by atoms with Crippen molar-refractivity contribution in [1.29, 1.82) is 0 Å². The van der Waals surface area contributed by atoms with E-state index in [1.807, 2.05) is 0 Å². The molecule has 1 fully saturated rings. The largest absolute Gasteiger partial charge is 0.479 e. The number of nitrogens with two attached hydrogens (primary N) is 1. The lowest BCUT2D eigenvalue weighted by Crippen LogP contribution is -2.55. The van der Waals surface area contributed by atoms with Crippen LogP contribution in [0.25, 0.3) is 0 Å². The number of aliphatic carboxylic acids is 1. The van der Waals surface area contributed by atoms with Crippen molar-refractivity contribution in [1.82, 2.24) is 0 Å². The van der Waals surface area contributed by atoms with Gasteiger partial charge < -0.3 is 15.6 Å². The number of carboxylic acid groups (broad SMARTS) is 1. The first-order valence-corrected chi connectivity index (χ1v) is 2.32. The Hall–Kier alpha value is -0.320. The molecule has 4 nitrogen and oxygen atoms in total. The molecule has 0 amide bonds. The molecule has 0 saturated carbocycles. The zero-order valence-electron chi connectivity index (χ0n) is 4.61. The van der Waals surface area contributed by atoms with Crippen molar-refractivity contribution >= 4 is 18.4 Å². The van der Waals surface area contributed by atoms with Gasteiger partial charge in [0, 0.05) is 0 Å². The second kappa shape index (κ2) is 3.00. The van der Waals surface area contributed by atoms with Gasteiger partial charge in [-0.2, -0.15) is 0 Å². The number of rotatable bonds is 1. The van der Waals surface area contributed by atoms with Crippen molar-refractivity contribution in [3.05, 3.63) is 0 Å². The molecule has 1 heterocycles. The molecule has 0 aromatic rings. The molecule has 3 N–H and O–H groups in total. The quantitative estimate of drug-likeness (QED) is 0.518. The highest BCUT2D eigenvalue weighted by atomic mass is 35.5. The fourth-order valence-electron chi connectivity index (χ4n) is 0.558. The lowest BCUT2D eigenvalue weighted by atomic mass is 10.1. The van der Waals surface area contributed by atoms with Gasteiger partial charge in [0.1, 0.15) is 0 Å². The lowest BCUT2D eigenvalue weighted by molar-refractivity contribution is -0.166. The minimum absolute atomic E-state index is 0. The highest BCUT2D eigenvalue weighted by Crippen LogP contribution is 2.08. The van der Waals surface area contributed by atoms with Gasteiger partial charge in [-0.3, -0.25) is 0 Å². The Morgan fingerprint density at radius 1 is 1.78 bits per heavy atom. The topological polar surface area (TPSA) is 72.5 Å². The summed E-state index contributed by atoms with van der Waals surface area (Å²) in [7, 11) is 0. The molecule has 1 aliphatic heterocycles. The van der Waals surface area contributed by atoms with Crippen LogP contribution in [0.2, 0.25) is 0 Å². The molecule has 0 unspecified atom stereocenters. The summed E-state index contributed by atoms with van der Waals surface area (Å²) in [5.74, 6) is -0.969. The van der Waals surface area contributed by atoms with Crippen LogP contribution in [-0.4, -0.2) is 29.8 Å². The number of carbonyl (C=O) groups is 1. The average Bonchev–Trinajstić information content (AvgIpc) is 1.61. The average molecular weight is 154 g/mol. The van der Waals surface area contributed by atoms with Gasteiger partial charge in [-0.15, -0.1) is 12.4 Å². The van der Waals surface area contributed by atoms with E-state index in [0.29, 0.717) is 6.61 Å². The first kappa shape index (κ1) is 8.68. The predicted molar refractivity (Wildman–Crippen MR) is 32.6 cm³/mol. The van der Waals surface area contributed by atoms with E-state index >= 15 is 0 Å². The summed E-state index contributed by atoms with van der Waals surface area (Å²) in [5.41, 5.74) is 5.22. The predicted octanol–water partition coefficient (Wildman–Crippen LogP) is -0.781. The van der Waals surface area contributed by atoms with Crippen LogP contribution in [0.1, 0.15) is 0 Å². The Balaban J connectivity index is 0.000000640. The first-order valence-electron chi connectivity index (χ1n) is 2.32. The van der Waals surface area contributed by atoms with E-state index in [2.05, 4.69) is 4.74 Å². The molecule has 54 valence electrons. The summed E-state index contributed by atoms with van der Waals surface area (Å²) in [6.07, 6.45) is -0.755. The maximum Gasteiger partial charge on any atom is 0.334 e. The number of hydrogen-bond acceptors (Lipinski definition) is 3. The molecule has 0 aromatic heterocycles. The van der Waals surface area contributed by atoms with Crippen LogP contribution in [0.15, 0.2) is 0 Å². The Labute approximate surface area is 58.4 Å². The fraction of sp³-hybridized carbons (Fsp3) is 0.750. The van der Waals surface area contributed by atoms with E-state index in [1.54, 1.807) is 0 Å². The van der Waals surface area contributed by atoms with Gasteiger partial charge in [0.15, 0.2) is 6.10 Å². The zero-order chi connectivity index (χ0) is 6.15. The molecular formula is C4H8ClNO3. The van der Waals surface area contributed by atoms with Crippen molar-refractivity contribution < 1.29 is 14.6 Å². The molecular weight excluding hydrogens is 146 g/mol. The number of ether oxygens (including phenoxy) is 1. The summed E-state index contributed by atoms with van der Waals surface area (Å²) in [4.78, 5) is 9.99. The Morgan fingerprint density at radius 2 is 2.33 bits per heavy atom. The summed E-state index contributed by atoms with van der Waals surface area (Å²) in [6, 6.07) is -0.299. The summed E-state index contributed by atoms with van der Waals surface area (Å²) in [5, 5.41) is 8.20. The summed E-state index contributed by atoms with van der Waals surface area (Å²) >= 11 is 0. The van der Waals surface area contributed by atoms with Gasteiger partial charge in [-0.05, 0) is 0 Å². The smallest absolute Gasteiger partial charge is 0.334 e. The van der Waals surface area contributed by atoms with E-state index in [1.165, 1.54) is 0 Å². The minimum Gasteiger partial charge on any atom is -0.479 e. The maximum atomic E-state index is 9.99. The SMILES string of the molecule is Cl.N[C@@H]1CO[C@H]1C(=O)O. The van der Waals surface area contributed by atoms with Crippen molar-refractivity contribution in [2.24, 2.45) is 5.73 Å². The number of hydrogen-bond donors (Lipinski definition) is 2. The molecule has 2 atom stereocenters. The molecule has 9 heavy (non-hydrogen) atoms. The Kier molecular flexibility index (Phi) is 2.90. The van der Waals surface area contributed by atoms with Gasteiger partial charge in [-0.25, -0.2) is 4.79 Å². The second-order valence-corrected chi connectivity index (χ2v) is 1.76. The van der Waals surface area contributed by atoms with Gasteiger partial charge in [-0.1, -0.05) is 0 Å². The second-order valence-electron chi connectivity index (χ2n) is 1.76. The monoisotopic (exact) mass is 153 g/mol. The van der Waals surface area contributed by atoms with Crippen molar-refractivity contribution in [2.75, 3.05) is 6.61 Å². The summed E-state index contributed by atoms with van der Waals surface area (Å²) in [6.45, 7) is 0.372. The molecule has 0 bridgehead atoms. The third kappa shape index (κ3) is 1.54. The lowest BCUT2D eigenvalue weighted by Gasteiger charge is -2.29. The van der Waals surface area contributed by atoms with E-state index in [9.17, 15) is 4.79 Å².